The third-order valence-corrected chi connectivity index (χ3v) is 4.73. The van der Waals surface area contributed by atoms with Crippen LogP contribution in [0.5, 0.6) is 0 Å². The van der Waals surface area contributed by atoms with Crippen LogP contribution in [0.2, 0.25) is 0 Å². The average molecular weight is 337 g/mol. The number of fused-ring (bicyclic) bond motifs is 1. The summed E-state index contributed by atoms with van der Waals surface area (Å²) in [6, 6.07) is 0. The summed E-state index contributed by atoms with van der Waals surface area (Å²) in [7, 11) is 0. The average Bonchev–Trinajstić information content (AvgIpc) is 3.00. The molecule has 0 aliphatic carbocycles. The smallest absolute Gasteiger partial charge is 0.358 e. The molecular weight excluding hydrogens is 322 g/mol. The fourth-order valence-electron chi connectivity index (χ4n) is 2.65. The summed E-state index contributed by atoms with van der Waals surface area (Å²) in [4.78, 5) is 40.0. The first-order chi connectivity index (χ1) is 11.1. The highest BCUT2D eigenvalue weighted by molar-refractivity contribution is 7.98. The van der Waals surface area contributed by atoms with Gasteiger partial charge in [-0.15, -0.1) is 0 Å². The van der Waals surface area contributed by atoms with Crippen molar-refractivity contribution in [2.75, 3.05) is 5.75 Å². The number of imidazole rings is 1. The van der Waals surface area contributed by atoms with E-state index >= 15 is 0 Å². The Morgan fingerprint density at radius 3 is 2.96 bits per heavy atom. The molecule has 1 N–H and O–H groups in total. The van der Waals surface area contributed by atoms with Gasteiger partial charge in [-0.2, -0.15) is 11.8 Å². The largest absolute Gasteiger partial charge is 0.381 e. The van der Waals surface area contributed by atoms with E-state index in [1.807, 2.05) is 0 Å². The SMILES string of the molecule is O=c1[nH]c(=O)n(CCCn2cnc([N+](=O)[O-])c2)c2c1CSCC2. The van der Waals surface area contributed by atoms with E-state index in [4.69, 9.17) is 0 Å². The van der Waals surface area contributed by atoms with Crippen molar-refractivity contribution in [1.82, 2.24) is 19.1 Å². The molecule has 3 rings (SSSR count). The first-order valence-corrected chi connectivity index (χ1v) is 8.30. The van der Waals surface area contributed by atoms with E-state index in [0.717, 1.165) is 11.4 Å². The summed E-state index contributed by atoms with van der Waals surface area (Å²) in [5, 5.41) is 10.6. The molecule has 23 heavy (non-hydrogen) atoms. The van der Waals surface area contributed by atoms with Crippen LogP contribution < -0.4 is 11.2 Å². The molecular formula is C13H15N5O4S. The Morgan fingerprint density at radius 1 is 1.39 bits per heavy atom. The monoisotopic (exact) mass is 337 g/mol. The van der Waals surface area contributed by atoms with E-state index < -0.39 is 10.6 Å². The Kier molecular flexibility index (Phi) is 4.33. The summed E-state index contributed by atoms with van der Waals surface area (Å²) in [5.74, 6) is 1.32. The molecule has 2 aromatic rings. The zero-order valence-corrected chi connectivity index (χ0v) is 13.0. The number of rotatable bonds is 5. The highest BCUT2D eigenvalue weighted by Gasteiger charge is 2.18. The third kappa shape index (κ3) is 3.21. The van der Waals surface area contributed by atoms with Crippen LogP contribution in [0.15, 0.2) is 22.1 Å². The number of thioether (sulfide) groups is 1. The zero-order chi connectivity index (χ0) is 16.4. The zero-order valence-electron chi connectivity index (χ0n) is 12.2. The quantitative estimate of drug-likeness (QED) is 0.628. The molecule has 0 radical (unpaired) electrons. The van der Waals surface area contributed by atoms with Crippen molar-refractivity contribution in [1.29, 1.82) is 0 Å². The number of aromatic amines is 1. The lowest BCUT2D eigenvalue weighted by atomic mass is 10.2. The number of nitrogens with one attached hydrogen (secondary N) is 1. The number of hydrogen-bond acceptors (Lipinski definition) is 6. The predicted molar refractivity (Wildman–Crippen MR) is 84.7 cm³/mol. The van der Waals surface area contributed by atoms with Crippen molar-refractivity contribution < 1.29 is 4.92 Å². The Labute approximate surface area is 134 Å². The molecule has 9 nitrogen and oxygen atoms in total. The predicted octanol–water partition coefficient (Wildman–Crippen LogP) is 0.521. The number of H-pyrrole nitrogens is 1. The maximum atomic E-state index is 12.0. The Bertz CT molecular complexity index is 853. The first-order valence-electron chi connectivity index (χ1n) is 7.15. The summed E-state index contributed by atoms with van der Waals surface area (Å²) < 4.78 is 3.24. The van der Waals surface area contributed by atoms with Gasteiger partial charge in [-0.1, -0.05) is 0 Å². The number of nitrogens with zero attached hydrogens (tertiary/aromatic N) is 4. The van der Waals surface area contributed by atoms with Gasteiger partial charge in [-0.05, 0) is 28.5 Å². The molecule has 1 aliphatic heterocycles. The Morgan fingerprint density at radius 2 is 2.22 bits per heavy atom. The molecule has 0 atom stereocenters. The molecule has 10 heteroatoms. The minimum absolute atomic E-state index is 0.194. The van der Waals surface area contributed by atoms with E-state index in [0.29, 0.717) is 37.2 Å². The van der Waals surface area contributed by atoms with Gasteiger partial charge in [-0.25, -0.2) is 4.79 Å². The van der Waals surface area contributed by atoms with Crippen LogP contribution in [-0.4, -0.2) is 29.8 Å². The summed E-state index contributed by atoms with van der Waals surface area (Å²) in [5.41, 5.74) is 0.809. The van der Waals surface area contributed by atoms with Crippen LogP contribution in [0.1, 0.15) is 17.7 Å². The molecule has 0 spiro atoms. The van der Waals surface area contributed by atoms with Gasteiger partial charge in [-0.3, -0.25) is 14.3 Å². The van der Waals surface area contributed by atoms with Crippen molar-refractivity contribution in [3.63, 3.8) is 0 Å². The summed E-state index contributed by atoms with van der Waals surface area (Å²) >= 11 is 1.68. The molecule has 122 valence electrons. The van der Waals surface area contributed by atoms with E-state index in [1.54, 1.807) is 20.9 Å². The third-order valence-electron chi connectivity index (χ3n) is 3.75. The molecule has 0 fully saturated rings. The second-order valence-electron chi connectivity index (χ2n) is 5.22. The topological polar surface area (TPSA) is 116 Å². The van der Waals surface area contributed by atoms with Gasteiger partial charge in [0.25, 0.3) is 5.56 Å². The van der Waals surface area contributed by atoms with Gasteiger partial charge in [0.15, 0.2) is 0 Å². The van der Waals surface area contributed by atoms with Crippen molar-refractivity contribution in [3.05, 3.63) is 54.7 Å². The summed E-state index contributed by atoms with van der Waals surface area (Å²) in [6.07, 6.45) is 4.08. The number of aromatic nitrogens is 4. The van der Waals surface area contributed by atoms with Crippen LogP contribution in [-0.2, 0) is 25.3 Å². The molecule has 0 unspecified atom stereocenters. The molecule has 0 saturated carbocycles. The molecule has 2 aromatic heterocycles. The highest BCUT2D eigenvalue weighted by Crippen LogP contribution is 2.20. The maximum absolute atomic E-state index is 12.0. The van der Waals surface area contributed by atoms with Crippen LogP contribution in [0, 0.1) is 10.1 Å². The second kappa shape index (κ2) is 6.41. The van der Waals surface area contributed by atoms with Crippen LogP contribution in [0.4, 0.5) is 5.82 Å². The van der Waals surface area contributed by atoms with E-state index in [9.17, 15) is 19.7 Å². The molecule has 0 aromatic carbocycles. The van der Waals surface area contributed by atoms with Crippen LogP contribution in [0.25, 0.3) is 0 Å². The molecule has 1 aliphatic rings. The van der Waals surface area contributed by atoms with Crippen LogP contribution >= 0.6 is 11.8 Å². The fourth-order valence-corrected chi connectivity index (χ4v) is 3.63. The minimum atomic E-state index is -0.545. The molecule has 0 saturated heterocycles. The molecule has 0 bridgehead atoms. The summed E-state index contributed by atoms with van der Waals surface area (Å²) in [6.45, 7) is 0.963. The number of aryl methyl sites for hydroxylation is 1. The highest BCUT2D eigenvalue weighted by atomic mass is 32.2. The normalized spacial score (nSPS) is 13.7. The van der Waals surface area contributed by atoms with Crippen molar-refractivity contribution in [2.24, 2.45) is 0 Å². The van der Waals surface area contributed by atoms with E-state index in [2.05, 4.69) is 9.97 Å². The van der Waals surface area contributed by atoms with Crippen molar-refractivity contribution in [2.45, 2.75) is 31.7 Å². The van der Waals surface area contributed by atoms with Crippen LogP contribution in [0.3, 0.4) is 0 Å². The lowest BCUT2D eigenvalue weighted by molar-refractivity contribution is -0.389. The second-order valence-corrected chi connectivity index (χ2v) is 6.32. The first kappa shape index (κ1) is 15.5. The number of nitro groups is 1. The molecule has 3 heterocycles. The lowest BCUT2D eigenvalue weighted by Gasteiger charge is -2.19. The van der Waals surface area contributed by atoms with E-state index in [1.165, 1.54) is 12.5 Å². The standard InChI is InChI=1S/C13H15N5O4S/c19-12-9-7-23-5-2-10(9)17(13(20)15-12)4-1-3-16-6-11(14-8-16)18(21)22/h6,8H,1-5,7H2,(H,15,19,20). The van der Waals surface area contributed by atoms with Gasteiger partial charge in [0.05, 0.1) is 0 Å². The van der Waals surface area contributed by atoms with Crippen molar-refractivity contribution >= 4 is 17.6 Å². The van der Waals surface area contributed by atoms with Gasteiger partial charge in [0.1, 0.15) is 6.20 Å². The lowest BCUT2D eigenvalue weighted by Crippen LogP contribution is -2.37. The van der Waals surface area contributed by atoms with Gasteiger partial charge in [0, 0.05) is 30.1 Å². The van der Waals surface area contributed by atoms with Gasteiger partial charge in [0.2, 0.25) is 6.33 Å². The molecule has 0 amide bonds. The van der Waals surface area contributed by atoms with Gasteiger partial charge >= 0.3 is 11.5 Å². The Balaban J connectivity index is 1.74. The fraction of sp³-hybridized carbons (Fsp3) is 0.462. The Hall–Kier alpha value is -2.36. The maximum Gasteiger partial charge on any atom is 0.381 e. The van der Waals surface area contributed by atoms with E-state index in [-0.39, 0.29) is 11.4 Å². The van der Waals surface area contributed by atoms with Crippen molar-refractivity contribution in [3.8, 4) is 0 Å². The van der Waals surface area contributed by atoms with Gasteiger partial charge < -0.3 is 14.7 Å². The number of hydrogen-bond donors (Lipinski definition) is 1. The minimum Gasteiger partial charge on any atom is -0.358 e.